The number of carbonyl (C=O) groups excluding carboxylic acids is 1. The third-order valence-electron chi connectivity index (χ3n) is 3.14. The Morgan fingerprint density at radius 1 is 1.45 bits per heavy atom. The van der Waals surface area contributed by atoms with Crippen LogP contribution >= 0.6 is 23.2 Å². The maximum Gasteiger partial charge on any atom is 0.290 e. The molecule has 20 heavy (non-hydrogen) atoms. The van der Waals surface area contributed by atoms with Gasteiger partial charge in [0.2, 0.25) is 0 Å². The fourth-order valence-electron chi connectivity index (χ4n) is 2.15. The van der Waals surface area contributed by atoms with Crippen LogP contribution in [0.4, 0.5) is 5.69 Å². The van der Waals surface area contributed by atoms with E-state index in [1.54, 1.807) is 0 Å². The first-order chi connectivity index (χ1) is 9.40. The second-order valence-corrected chi connectivity index (χ2v) is 5.38. The maximum atomic E-state index is 12.3. The summed E-state index contributed by atoms with van der Waals surface area (Å²) in [5.74, 6) is -0.398. The highest BCUT2D eigenvalue weighted by molar-refractivity contribution is 6.43. The number of hydrogen-bond acceptors (Lipinski definition) is 4. The molecule has 1 aromatic carbocycles. The van der Waals surface area contributed by atoms with Crippen LogP contribution < -0.4 is 0 Å². The average molecular weight is 319 g/mol. The molecule has 8 heteroatoms. The summed E-state index contributed by atoms with van der Waals surface area (Å²) in [4.78, 5) is 23.9. The van der Waals surface area contributed by atoms with Gasteiger partial charge < -0.3 is 10.0 Å². The van der Waals surface area contributed by atoms with Crippen molar-refractivity contribution in [3.63, 3.8) is 0 Å². The molecule has 0 aromatic heterocycles. The van der Waals surface area contributed by atoms with Crippen molar-refractivity contribution in [1.29, 1.82) is 0 Å². The standard InChI is InChI=1S/C12H12Cl2N2O4/c13-9-4-7(5-10(11(9)14)16(19)20)12(18)15-3-1-2-8(17)6-15/h4-5,8,17H,1-3,6H2/t8-/m0/s1. The van der Waals surface area contributed by atoms with Gasteiger partial charge >= 0.3 is 0 Å². The Bertz CT molecular complexity index is 565. The summed E-state index contributed by atoms with van der Waals surface area (Å²) >= 11 is 11.6. The fourth-order valence-corrected chi connectivity index (χ4v) is 2.55. The monoisotopic (exact) mass is 318 g/mol. The number of piperidine rings is 1. The van der Waals surface area contributed by atoms with Gasteiger partial charge in [-0.2, -0.15) is 0 Å². The number of rotatable bonds is 2. The first-order valence-electron chi connectivity index (χ1n) is 6.01. The maximum absolute atomic E-state index is 12.3. The van der Waals surface area contributed by atoms with Gasteiger partial charge in [-0.05, 0) is 18.9 Å². The molecule has 0 aliphatic carbocycles. The van der Waals surface area contributed by atoms with Crippen LogP contribution in [0.3, 0.4) is 0 Å². The molecular formula is C12H12Cl2N2O4. The number of nitro benzene ring substituents is 1. The Balaban J connectivity index is 2.32. The van der Waals surface area contributed by atoms with Crippen LogP contribution in [-0.4, -0.2) is 40.0 Å². The highest BCUT2D eigenvalue weighted by Gasteiger charge is 2.26. The predicted molar refractivity (Wildman–Crippen MR) is 74.3 cm³/mol. The van der Waals surface area contributed by atoms with Crippen LogP contribution in [0.15, 0.2) is 12.1 Å². The van der Waals surface area contributed by atoms with E-state index in [1.807, 2.05) is 0 Å². The number of likely N-dealkylation sites (tertiary alicyclic amines) is 1. The fraction of sp³-hybridized carbons (Fsp3) is 0.417. The molecule has 108 valence electrons. The summed E-state index contributed by atoms with van der Waals surface area (Å²) in [6, 6.07) is 2.41. The van der Waals surface area contributed by atoms with E-state index in [4.69, 9.17) is 23.2 Å². The Morgan fingerprint density at radius 3 is 2.75 bits per heavy atom. The first-order valence-corrected chi connectivity index (χ1v) is 6.76. The van der Waals surface area contributed by atoms with Crippen LogP contribution in [0.2, 0.25) is 10.0 Å². The molecule has 6 nitrogen and oxygen atoms in total. The number of benzene rings is 1. The number of hydrogen-bond donors (Lipinski definition) is 1. The van der Waals surface area contributed by atoms with Crippen molar-refractivity contribution in [3.8, 4) is 0 Å². The van der Waals surface area contributed by atoms with Crippen molar-refractivity contribution in [1.82, 2.24) is 4.90 Å². The highest BCUT2D eigenvalue weighted by Crippen LogP contribution is 2.33. The number of aliphatic hydroxyl groups excluding tert-OH is 1. The van der Waals surface area contributed by atoms with Gasteiger partial charge in [0.15, 0.2) is 0 Å². The van der Waals surface area contributed by atoms with E-state index in [1.165, 1.54) is 11.0 Å². The van der Waals surface area contributed by atoms with Crippen LogP contribution in [0, 0.1) is 10.1 Å². The van der Waals surface area contributed by atoms with E-state index in [0.717, 1.165) is 6.07 Å². The quantitative estimate of drug-likeness (QED) is 0.670. The van der Waals surface area contributed by atoms with Crippen molar-refractivity contribution in [3.05, 3.63) is 37.9 Å². The topological polar surface area (TPSA) is 83.7 Å². The molecule has 1 aromatic rings. The molecule has 0 radical (unpaired) electrons. The zero-order valence-corrected chi connectivity index (χ0v) is 11.9. The molecular weight excluding hydrogens is 307 g/mol. The van der Waals surface area contributed by atoms with Gasteiger partial charge in [-0.25, -0.2) is 0 Å². The summed E-state index contributed by atoms with van der Waals surface area (Å²) in [7, 11) is 0. The molecule has 0 unspecified atom stereocenters. The minimum atomic E-state index is -0.684. The van der Waals surface area contributed by atoms with Crippen molar-refractivity contribution >= 4 is 34.8 Å². The summed E-state index contributed by atoms with van der Waals surface area (Å²) in [5, 5.41) is 20.2. The van der Waals surface area contributed by atoms with E-state index in [-0.39, 0.29) is 22.2 Å². The second-order valence-electron chi connectivity index (χ2n) is 4.60. The van der Waals surface area contributed by atoms with E-state index in [0.29, 0.717) is 19.4 Å². The Kier molecular flexibility index (Phi) is 4.47. The molecule has 0 bridgehead atoms. The number of halogens is 2. The van der Waals surface area contributed by atoms with E-state index < -0.39 is 22.6 Å². The Hall–Kier alpha value is -1.37. The number of amides is 1. The number of β-amino-alcohol motifs (C(OH)–C–C–N with tert-alkyl or cyclic N) is 1. The Labute approximate surface area is 125 Å². The van der Waals surface area contributed by atoms with E-state index >= 15 is 0 Å². The Morgan fingerprint density at radius 2 is 2.15 bits per heavy atom. The first kappa shape index (κ1) is 15.0. The number of nitrogens with zero attached hydrogens (tertiary/aromatic N) is 2. The molecule has 1 amide bonds. The van der Waals surface area contributed by atoms with Gasteiger partial charge in [0.25, 0.3) is 11.6 Å². The zero-order chi connectivity index (χ0) is 14.9. The molecule has 0 saturated carbocycles. The van der Waals surface area contributed by atoms with Gasteiger partial charge in [0.05, 0.1) is 16.0 Å². The lowest BCUT2D eigenvalue weighted by atomic mass is 10.1. The van der Waals surface area contributed by atoms with Gasteiger partial charge in [-0.3, -0.25) is 14.9 Å². The molecule has 0 spiro atoms. The highest BCUT2D eigenvalue weighted by atomic mass is 35.5. The van der Waals surface area contributed by atoms with Crippen LogP contribution in [0.1, 0.15) is 23.2 Å². The largest absolute Gasteiger partial charge is 0.391 e. The lowest BCUT2D eigenvalue weighted by Crippen LogP contribution is -2.42. The molecule has 1 fully saturated rings. The number of nitro groups is 1. The summed E-state index contributed by atoms with van der Waals surface area (Å²) in [6.45, 7) is 0.719. The van der Waals surface area contributed by atoms with Gasteiger partial charge in [0, 0.05) is 24.7 Å². The molecule has 1 atom stereocenters. The minimum Gasteiger partial charge on any atom is -0.391 e. The molecule has 1 heterocycles. The average Bonchev–Trinajstić information content (AvgIpc) is 2.40. The minimum absolute atomic E-state index is 0.0400. The lowest BCUT2D eigenvalue weighted by molar-refractivity contribution is -0.384. The van der Waals surface area contributed by atoms with Crippen LogP contribution in [0.25, 0.3) is 0 Å². The molecule has 2 rings (SSSR count). The molecule has 1 N–H and O–H groups in total. The van der Waals surface area contributed by atoms with E-state index in [9.17, 15) is 20.0 Å². The molecule has 1 aliphatic rings. The normalized spacial score (nSPS) is 18.9. The third-order valence-corrected chi connectivity index (χ3v) is 3.93. The smallest absolute Gasteiger partial charge is 0.290 e. The lowest BCUT2D eigenvalue weighted by Gasteiger charge is -2.30. The SMILES string of the molecule is O=C(c1cc(Cl)c(Cl)c([N+](=O)[O-])c1)N1CCC[C@H](O)C1. The van der Waals surface area contributed by atoms with Gasteiger partial charge in [-0.15, -0.1) is 0 Å². The van der Waals surface area contributed by atoms with Crippen molar-refractivity contribution in [2.24, 2.45) is 0 Å². The number of carbonyl (C=O) groups is 1. The third kappa shape index (κ3) is 3.03. The predicted octanol–water partition coefficient (Wildman–Crippen LogP) is 2.50. The van der Waals surface area contributed by atoms with Crippen molar-refractivity contribution < 1.29 is 14.8 Å². The summed E-state index contributed by atoms with van der Waals surface area (Å²) < 4.78 is 0. The van der Waals surface area contributed by atoms with Crippen molar-refractivity contribution in [2.75, 3.05) is 13.1 Å². The van der Waals surface area contributed by atoms with Gasteiger partial charge in [-0.1, -0.05) is 23.2 Å². The van der Waals surface area contributed by atoms with E-state index in [2.05, 4.69) is 0 Å². The molecule has 1 saturated heterocycles. The summed E-state index contributed by atoms with van der Waals surface area (Å²) in [6.07, 6.45) is 0.771. The van der Waals surface area contributed by atoms with Crippen LogP contribution in [0.5, 0.6) is 0 Å². The number of aliphatic hydroxyl groups is 1. The van der Waals surface area contributed by atoms with Gasteiger partial charge in [0.1, 0.15) is 5.02 Å². The van der Waals surface area contributed by atoms with Crippen LogP contribution in [-0.2, 0) is 0 Å². The zero-order valence-electron chi connectivity index (χ0n) is 10.4. The molecule has 1 aliphatic heterocycles. The second kappa shape index (κ2) is 5.95. The van der Waals surface area contributed by atoms with Crippen molar-refractivity contribution in [2.45, 2.75) is 18.9 Å². The summed E-state index contributed by atoms with van der Waals surface area (Å²) in [5.41, 5.74) is -0.305.